The van der Waals surface area contributed by atoms with Gasteiger partial charge in [0.15, 0.2) is 5.82 Å². The van der Waals surface area contributed by atoms with Crippen LogP contribution >= 0.6 is 0 Å². The van der Waals surface area contributed by atoms with E-state index >= 15 is 0 Å². The molecule has 1 aliphatic rings. The third-order valence-electron chi connectivity index (χ3n) is 2.99. The summed E-state index contributed by atoms with van der Waals surface area (Å²) in [6.45, 7) is -0.217. The van der Waals surface area contributed by atoms with Gasteiger partial charge in [0, 0.05) is 25.3 Å². The molecular weight excluding hydrogens is 238 g/mol. The number of nitrogens with zero attached hydrogens (tertiary/aromatic N) is 2. The van der Waals surface area contributed by atoms with Crippen molar-refractivity contribution < 1.29 is 19.4 Å². The molecule has 1 amide bonds. The fraction of sp³-hybridized carbons (Fsp3) is 0.545. The summed E-state index contributed by atoms with van der Waals surface area (Å²) in [6, 6.07) is 1.58. The van der Waals surface area contributed by atoms with E-state index < -0.39 is 5.97 Å². The Hall–Kier alpha value is -1.89. The minimum Gasteiger partial charge on any atom is -0.480 e. The zero-order chi connectivity index (χ0) is 13.1. The molecule has 1 heterocycles. The van der Waals surface area contributed by atoms with E-state index in [0.29, 0.717) is 5.82 Å². The number of carbonyl (C=O) groups is 2. The van der Waals surface area contributed by atoms with E-state index in [2.05, 4.69) is 10.4 Å². The van der Waals surface area contributed by atoms with Crippen LogP contribution in [0.25, 0.3) is 0 Å². The molecule has 0 unspecified atom stereocenters. The molecule has 0 radical (unpaired) electrons. The smallest absolute Gasteiger partial charge is 0.325 e. The molecule has 2 N–H and O–H groups in total. The van der Waals surface area contributed by atoms with Crippen LogP contribution in [-0.4, -0.2) is 40.0 Å². The summed E-state index contributed by atoms with van der Waals surface area (Å²) in [5.41, 5.74) is 0. The summed E-state index contributed by atoms with van der Waals surface area (Å²) in [5.74, 6) is -0.733. The van der Waals surface area contributed by atoms with Crippen LogP contribution in [0, 0.1) is 5.92 Å². The monoisotopic (exact) mass is 253 g/mol. The number of ether oxygens (including phenoxy) is 1. The number of carboxylic acids is 1. The molecule has 1 aliphatic carbocycles. The molecule has 0 aromatic carbocycles. The SMILES string of the molecule is COC1CC(C(=O)Nc2ccn(CC(=O)O)n2)C1. The van der Waals surface area contributed by atoms with Gasteiger partial charge in [0.2, 0.25) is 5.91 Å². The first kappa shape index (κ1) is 12.6. The second kappa shape index (κ2) is 5.18. The van der Waals surface area contributed by atoms with E-state index in [0.717, 1.165) is 12.8 Å². The van der Waals surface area contributed by atoms with Crippen molar-refractivity contribution >= 4 is 17.7 Å². The van der Waals surface area contributed by atoms with Crippen molar-refractivity contribution in [2.75, 3.05) is 12.4 Å². The molecule has 1 aromatic heterocycles. The number of amides is 1. The van der Waals surface area contributed by atoms with Crippen LogP contribution in [0.15, 0.2) is 12.3 Å². The molecular formula is C11H15N3O4. The molecule has 18 heavy (non-hydrogen) atoms. The van der Waals surface area contributed by atoms with Crippen molar-refractivity contribution in [1.82, 2.24) is 9.78 Å². The lowest BCUT2D eigenvalue weighted by Gasteiger charge is -2.32. The molecule has 0 spiro atoms. The second-order valence-corrected chi connectivity index (χ2v) is 4.31. The zero-order valence-corrected chi connectivity index (χ0v) is 10.00. The Morgan fingerprint density at radius 1 is 1.61 bits per heavy atom. The van der Waals surface area contributed by atoms with E-state index in [1.165, 1.54) is 10.9 Å². The highest BCUT2D eigenvalue weighted by atomic mass is 16.5. The van der Waals surface area contributed by atoms with E-state index in [1.54, 1.807) is 13.2 Å². The molecule has 0 atom stereocenters. The summed E-state index contributed by atoms with van der Waals surface area (Å²) in [5, 5.41) is 15.2. The minimum absolute atomic E-state index is 0.0421. The number of anilines is 1. The second-order valence-electron chi connectivity index (χ2n) is 4.31. The molecule has 1 saturated carbocycles. The lowest BCUT2D eigenvalue weighted by Crippen LogP contribution is -2.38. The van der Waals surface area contributed by atoms with E-state index in [1.807, 2.05) is 0 Å². The van der Waals surface area contributed by atoms with Crippen LogP contribution in [0.5, 0.6) is 0 Å². The van der Waals surface area contributed by atoms with E-state index in [9.17, 15) is 9.59 Å². The minimum atomic E-state index is -0.974. The Balaban J connectivity index is 1.84. The standard InChI is InChI=1S/C11H15N3O4/c1-18-8-4-7(5-8)11(17)12-9-2-3-14(13-9)6-10(15)16/h2-3,7-8H,4-6H2,1H3,(H,15,16)(H,12,13,17). The first-order chi connectivity index (χ1) is 8.58. The summed E-state index contributed by atoms with van der Waals surface area (Å²) in [4.78, 5) is 22.2. The Bertz CT molecular complexity index is 451. The largest absolute Gasteiger partial charge is 0.480 e. The third-order valence-corrected chi connectivity index (χ3v) is 2.99. The van der Waals surface area contributed by atoms with Crippen molar-refractivity contribution in [2.24, 2.45) is 5.92 Å². The van der Waals surface area contributed by atoms with Gasteiger partial charge in [-0.3, -0.25) is 14.3 Å². The third kappa shape index (κ3) is 2.86. The van der Waals surface area contributed by atoms with Gasteiger partial charge < -0.3 is 15.2 Å². The number of rotatable bonds is 5. The van der Waals surface area contributed by atoms with Crippen LogP contribution in [0.2, 0.25) is 0 Å². The maximum atomic E-state index is 11.8. The predicted octanol–water partition coefficient (Wildman–Crippen LogP) is 0.331. The molecule has 0 bridgehead atoms. The zero-order valence-electron chi connectivity index (χ0n) is 10.00. The maximum absolute atomic E-state index is 11.8. The summed E-state index contributed by atoms with van der Waals surface area (Å²) < 4.78 is 6.36. The van der Waals surface area contributed by atoms with Gasteiger partial charge in [-0.25, -0.2) is 0 Å². The first-order valence-electron chi connectivity index (χ1n) is 5.67. The van der Waals surface area contributed by atoms with Gasteiger partial charge in [-0.15, -0.1) is 0 Å². The highest BCUT2D eigenvalue weighted by Crippen LogP contribution is 2.30. The van der Waals surface area contributed by atoms with Gasteiger partial charge >= 0.3 is 5.97 Å². The van der Waals surface area contributed by atoms with Crippen molar-refractivity contribution in [3.63, 3.8) is 0 Å². The van der Waals surface area contributed by atoms with Crippen LogP contribution in [0.3, 0.4) is 0 Å². The first-order valence-corrected chi connectivity index (χ1v) is 5.67. The Kier molecular flexibility index (Phi) is 3.61. The normalized spacial score (nSPS) is 22.3. The Morgan fingerprint density at radius 3 is 2.94 bits per heavy atom. The fourth-order valence-corrected chi connectivity index (χ4v) is 1.86. The molecule has 1 fully saturated rings. The molecule has 0 saturated heterocycles. The van der Waals surface area contributed by atoms with Crippen LogP contribution in [0.4, 0.5) is 5.82 Å². The van der Waals surface area contributed by atoms with E-state index in [-0.39, 0.29) is 24.5 Å². The van der Waals surface area contributed by atoms with Crippen LogP contribution in [-0.2, 0) is 20.9 Å². The highest BCUT2D eigenvalue weighted by molar-refractivity contribution is 5.92. The maximum Gasteiger partial charge on any atom is 0.325 e. The predicted molar refractivity (Wildman–Crippen MR) is 62.0 cm³/mol. The molecule has 1 aromatic rings. The lowest BCUT2D eigenvalue weighted by molar-refractivity contribution is -0.137. The van der Waals surface area contributed by atoms with Crippen LogP contribution < -0.4 is 5.32 Å². The number of methoxy groups -OCH3 is 1. The molecule has 2 rings (SSSR count). The molecule has 0 aliphatic heterocycles. The number of nitrogens with one attached hydrogen (secondary N) is 1. The van der Waals surface area contributed by atoms with Gasteiger partial charge in [0.25, 0.3) is 0 Å². The van der Waals surface area contributed by atoms with Gasteiger partial charge in [-0.1, -0.05) is 0 Å². The number of carbonyl (C=O) groups excluding carboxylic acids is 1. The van der Waals surface area contributed by atoms with Gasteiger partial charge in [0.1, 0.15) is 6.54 Å². The number of hydrogen-bond acceptors (Lipinski definition) is 4. The number of hydrogen-bond donors (Lipinski definition) is 2. The number of aliphatic carboxylic acids is 1. The average molecular weight is 253 g/mol. The number of carboxylic acid groups (broad SMARTS) is 1. The summed E-state index contributed by atoms with van der Waals surface area (Å²) in [6.07, 6.45) is 3.13. The summed E-state index contributed by atoms with van der Waals surface area (Å²) >= 11 is 0. The molecule has 7 nitrogen and oxygen atoms in total. The molecule has 98 valence electrons. The van der Waals surface area contributed by atoms with Crippen molar-refractivity contribution in [3.05, 3.63) is 12.3 Å². The van der Waals surface area contributed by atoms with Gasteiger partial charge in [-0.05, 0) is 12.8 Å². The van der Waals surface area contributed by atoms with Gasteiger partial charge in [0.05, 0.1) is 6.10 Å². The number of aromatic nitrogens is 2. The van der Waals surface area contributed by atoms with Crippen molar-refractivity contribution in [1.29, 1.82) is 0 Å². The average Bonchev–Trinajstić information content (AvgIpc) is 2.62. The lowest BCUT2D eigenvalue weighted by atomic mass is 9.81. The fourth-order valence-electron chi connectivity index (χ4n) is 1.86. The van der Waals surface area contributed by atoms with Crippen molar-refractivity contribution in [3.8, 4) is 0 Å². The summed E-state index contributed by atoms with van der Waals surface area (Å²) in [7, 11) is 1.63. The topological polar surface area (TPSA) is 93.5 Å². The van der Waals surface area contributed by atoms with Gasteiger partial charge in [-0.2, -0.15) is 5.10 Å². The highest BCUT2D eigenvalue weighted by Gasteiger charge is 2.34. The Morgan fingerprint density at radius 2 is 2.33 bits per heavy atom. The van der Waals surface area contributed by atoms with Crippen LogP contribution in [0.1, 0.15) is 12.8 Å². The molecule has 7 heteroatoms. The Labute approximate surface area is 104 Å². The van der Waals surface area contributed by atoms with Crippen molar-refractivity contribution in [2.45, 2.75) is 25.5 Å². The van der Waals surface area contributed by atoms with E-state index in [4.69, 9.17) is 9.84 Å². The quantitative estimate of drug-likeness (QED) is 0.788.